The normalized spacial score (nSPS) is 54.0. The minimum atomic E-state index is -0.777. The third-order valence-electron chi connectivity index (χ3n) is 10.4. The van der Waals surface area contributed by atoms with Gasteiger partial charge in [-0.05, 0) is 91.3 Å². The summed E-state index contributed by atoms with van der Waals surface area (Å²) in [5.74, 6) is -0.00131. The predicted molar refractivity (Wildman–Crippen MR) is 111 cm³/mol. The molecule has 0 spiro atoms. The summed E-state index contributed by atoms with van der Waals surface area (Å²) in [6, 6.07) is 0. The van der Waals surface area contributed by atoms with E-state index in [0.717, 1.165) is 12.8 Å². The number of carboxylic acids is 1. The molecule has 12 atom stereocenters. The Bertz CT molecular complexity index is 668. The van der Waals surface area contributed by atoms with Gasteiger partial charge in [-0.25, -0.2) is 0 Å². The lowest BCUT2D eigenvalue weighted by molar-refractivity contribution is -0.234. The number of aliphatic carboxylic acids is 1. The first-order chi connectivity index (χ1) is 14.0. The third kappa shape index (κ3) is 3.16. The van der Waals surface area contributed by atoms with Crippen molar-refractivity contribution >= 4 is 5.97 Å². The van der Waals surface area contributed by atoms with Gasteiger partial charge in [0.2, 0.25) is 0 Å². The van der Waals surface area contributed by atoms with Crippen LogP contribution in [-0.4, -0.2) is 55.9 Å². The average Bonchev–Trinajstić information content (AvgIpc) is 3.01. The van der Waals surface area contributed by atoms with E-state index in [9.17, 15) is 25.2 Å². The van der Waals surface area contributed by atoms with Crippen LogP contribution in [-0.2, 0) is 4.79 Å². The Morgan fingerprint density at radius 2 is 1.60 bits per heavy atom. The molecule has 0 heterocycles. The van der Waals surface area contributed by atoms with Gasteiger partial charge in [0.25, 0.3) is 0 Å². The molecular weight excluding hydrogens is 384 g/mol. The fraction of sp³-hybridized carbons (Fsp3) is 0.958. The average molecular weight is 425 g/mol. The molecule has 6 nitrogen and oxygen atoms in total. The Balaban J connectivity index is 1.63. The van der Waals surface area contributed by atoms with E-state index in [4.69, 9.17) is 5.11 Å². The molecule has 5 N–H and O–H groups in total. The summed E-state index contributed by atoms with van der Waals surface area (Å²) in [5, 5.41) is 53.1. The lowest BCUT2D eigenvalue weighted by Crippen LogP contribution is -2.65. The van der Waals surface area contributed by atoms with Crippen molar-refractivity contribution in [1.29, 1.82) is 0 Å². The van der Waals surface area contributed by atoms with Crippen molar-refractivity contribution in [2.75, 3.05) is 0 Å². The van der Waals surface area contributed by atoms with Gasteiger partial charge in [0.05, 0.1) is 24.4 Å². The van der Waals surface area contributed by atoms with E-state index in [1.807, 2.05) is 0 Å². The van der Waals surface area contributed by atoms with Crippen LogP contribution in [0.2, 0.25) is 0 Å². The fourth-order valence-corrected chi connectivity index (χ4v) is 8.76. The third-order valence-corrected chi connectivity index (χ3v) is 10.4. The molecule has 0 aromatic rings. The molecule has 4 rings (SSSR count). The summed E-state index contributed by atoms with van der Waals surface area (Å²) in [6.07, 6.45) is 2.68. The summed E-state index contributed by atoms with van der Waals surface area (Å²) < 4.78 is 0. The number of hydrogen-bond acceptors (Lipinski definition) is 5. The highest BCUT2D eigenvalue weighted by Crippen LogP contribution is 2.68. The summed E-state index contributed by atoms with van der Waals surface area (Å²) in [4.78, 5) is 11.1. The minimum Gasteiger partial charge on any atom is -0.481 e. The van der Waals surface area contributed by atoms with Crippen molar-refractivity contribution < 1.29 is 30.3 Å². The largest absolute Gasteiger partial charge is 0.481 e. The standard InChI is InChI=1S/C24H40O6/c1-12(4-7-21(29)30)15-5-6-16-22-17(11-20(28)24(15,16)3)23(2)13(9-18(22)26)8-14(25)10-19(23)27/h12-20,22,25-28H,4-11H2,1-3H3,(H,29,30)/t12-,13+,14+,15-,16?,17?,18?,19?,20+,22?,23+,24-/m1/s1. The van der Waals surface area contributed by atoms with Crippen LogP contribution in [0, 0.1) is 46.3 Å². The van der Waals surface area contributed by atoms with Gasteiger partial charge < -0.3 is 25.5 Å². The predicted octanol–water partition coefficient (Wildman–Crippen LogP) is 2.42. The van der Waals surface area contributed by atoms with Crippen molar-refractivity contribution in [3.63, 3.8) is 0 Å². The summed E-state index contributed by atoms with van der Waals surface area (Å²) in [6.45, 7) is 6.39. The quantitative estimate of drug-likeness (QED) is 0.473. The van der Waals surface area contributed by atoms with Crippen LogP contribution in [0.1, 0.15) is 72.1 Å². The number of carboxylic acid groups (broad SMARTS) is 1. The second kappa shape index (κ2) is 7.72. The van der Waals surface area contributed by atoms with Crippen molar-refractivity contribution in [2.24, 2.45) is 46.3 Å². The van der Waals surface area contributed by atoms with E-state index in [0.29, 0.717) is 32.1 Å². The van der Waals surface area contributed by atoms with Gasteiger partial charge in [-0.2, -0.15) is 0 Å². The van der Waals surface area contributed by atoms with E-state index >= 15 is 0 Å². The molecule has 4 saturated carbocycles. The van der Waals surface area contributed by atoms with E-state index in [1.165, 1.54) is 0 Å². The van der Waals surface area contributed by atoms with Crippen molar-refractivity contribution in [3.8, 4) is 0 Å². The second-order valence-corrected chi connectivity index (χ2v) is 11.5. The Hall–Kier alpha value is -0.690. The number of rotatable bonds is 4. The smallest absolute Gasteiger partial charge is 0.303 e. The van der Waals surface area contributed by atoms with E-state index in [2.05, 4.69) is 20.8 Å². The van der Waals surface area contributed by atoms with Crippen LogP contribution in [0.5, 0.6) is 0 Å². The zero-order chi connectivity index (χ0) is 22.0. The second-order valence-electron chi connectivity index (χ2n) is 11.5. The highest BCUT2D eigenvalue weighted by molar-refractivity contribution is 5.66. The molecule has 0 aliphatic heterocycles. The maximum atomic E-state index is 11.5. The van der Waals surface area contributed by atoms with Crippen molar-refractivity contribution in [2.45, 2.75) is 96.6 Å². The van der Waals surface area contributed by atoms with Gasteiger partial charge in [-0.1, -0.05) is 20.8 Å². The van der Waals surface area contributed by atoms with Crippen LogP contribution >= 0.6 is 0 Å². The molecule has 5 unspecified atom stereocenters. The lowest BCUT2D eigenvalue weighted by atomic mass is 9.42. The molecule has 4 fully saturated rings. The zero-order valence-corrected chi connectivity index (χ0v) is 18.6. The SMILES string of the molecule is C[C@H](CCC(=O)O)[C@H]1CCC2C3C(O)C[C@@H]4C[C@H](O)CC(O)[C@]4(C)C3C[C@H](O)[C@@]21C. The molecule has 0 radical (unpaired) electrons. The maximum Gasteiger partial charge on any atom is 0.303 e. The maximum absolute atomic E-state index is 11.5. The number of fused-ring (bicyclic) bond motifs is 5. The molecule has 30 heavy (non-hydrogen) atoms. The number of aliphatic hydroxyl groups is 4. The van der Waals surface area contributed by atoms with Crippen LogP contribution in [0.25, 0.3) is 0 Å². The van der Waals surface area contributed by atoms with Crippen molar-refractivity contribution in [3.05, 3.63) is 0 Å². The van der Waals surface area contributed by atoms with Gasteiger partial charge >= 0.3 is 5.97 Å². The van der Waals surface area contributed by atoms with E-state index in [1.54, 1.807) is 0 Å². The van der Waals surface area contributed by atoms with Crippen LogP contribution in [0.4, 0.5) is 0 Å². The molecule has 0 aromatic carbocycles. The van der Waals surface area contributed by atoms with Gasteiger partial charge in [-0.3, -0.25) is 4.79 Å². The topological polar surface area (TPSA) is 118 Å². The number of carbonyl (C=O) groups is 1. The monoisotopic (exact) mass is 424 g/mol. The molecule has 172 valence electrons. The first-order valence-electron chi connectivity index (χ1n) is 11.9. The molecule has 4 aliphatic rings. The lowest BCUT2D eigenvalue weighted by Gasteiger charge is -2.64. The van der Waals surface area contributed by atoms with Gasteiger partial charge in [-0.15, -0.1) is 0 Å². The Kier molecular flexibility index (Phi) is 5.79. The Morgan fingerprint density at radius 3 is 2.27 bits per heavy atom. The van der Waals surface area contributed by atoms with Gasteiger partial charge in [0.15, 0.2) is 0 Å². The molecule has 6 heteroatoms. The van der Waals surface area contributed by atoms with E-state index in [-0.39, 0.29) is 47.3 Å². The molecule has 0 bridgehead atoms. The fourth-order valence-electron chi connectivity index (χ4n) is 8.76. The molecular formula is C24H40O6. The first-order valence-corrected chi connectivity index (χ1v) is 11.9. The first kappa shape index (κ1) is 22.5. The summed E-state index contributed by atoms with van der Waals surface area (Å²) in [5.41, 5.74) is -0.721. The molecule has 0 amide bonds. The molecule has 0 aromatic heterocycles. The Labute approximate surface area is 179 Å². The highest BCUT2D eigenvalue weighted by Gasteiger charge is 2.67. The van der Waals surface area contributed by atoms with Gasteiger partial charge in [0, 0.05) is 6.42 Å². The summed E-state index contributed by atoms with van der Waals surface area (Å²) in [7, 11) is 0. The van der Waals surface area contributed by atoms with Crippen LogP contribution in [0.3, 0.4) is 0 Å². The highest BCUT2D eigenvalue weighted by atomic mass is 16.4. The van der Waals surface area contributed by atoms with Gasteiger partial charge in [0.1, 0.15) is 0 Å². The summed E-state index contributed by atoms with van der Waals surface area (Å²) >= 11 is 0. The van der Waals surface area contributed by atoms with Crippen LogP contribution in [0.15, 0.2) is 0 Å². The van der Waals surface area contributed by atoms with E-state index < -0.39 is 35.8 Å². The van der Waals surface area contributed by atoms with Crippen LogP contribution < -0.4 is 0 Å². The minimum absolute atomic E-state index is 0.0369. The number of hydrogen-bond donors (Lipinski definition) is 5. The number of aliphatic hydroxyl groups excluding tert-OH is 4. The zero-order valence-electron chi connectivity index (χ0n) is 18.6. The molecule has 0 saturated heterocycles. The Morgan fingerprint density at radius 1 is 0.933 bits per heavy atom. The van der Waals surface area contributed by atoms with Crippen molar-refractivity contribution in [1.82, 2.24) is 0 Å². The molecule has 4 aliphatic carbocycles.